The topological polar surface area (TPSA) is 49.3 Å². The van der Waals surface area contributed by atoms with Gasteiger partial charge in [0, 0.05) is 35.6 Å². The molecule has 1 heterocycles. The van der Waals surface area contributed by atoms with E-state index >= 15 is 0 Å². The van der Waals surface area contributed by atoms with Gasteiger partial charge in [0.15, 0.2) is 5.96 Å². The third-order valence-electron chi connectivity index (χ3n) is 3.24. The van der Waals surface area contributed by atoms with E-state index in [1.54, 1.807) is 11.3 Å². The van der Waals surface area contributed by atoms with Crippen LogP contribution in [0.25, 0.3) is 0 Å². The van der Waals surface area contributed by atoms with Crippen molar-refractivity contribution in [3.63, 3.8) is 0 Å². The van der Waals surface area contributed by atoms with E-state index in [1.807, 2.05) is 31.2 Å². The van der Waals surface area contributed by atoms with Crippen molar-refractivity contribution in [1.82, 2.24) is 15.6 Å². The first-order valence-corrected chi connectivity index (χ1v) is 9.11. The van der Waals surface area contributed by atoms with Crippen molar-refractivity contribution < 1.29 is 0 Å². The molecule has 2 N–H and O–H groups in total. The van der Waals surface area contributed by atoms with Gasteiger partial charge in [-0.25, -0.2) is 9.98 Å². The maximum atomic E-state index is 6.17. The molecule has 0 aliphatic carbocycles. The van der Waals surface area contributed by atoms with Crippen LogP contribution < -0.4 is 10.6 Å². The van der Waals surface area contributed by atoms with E-state index in [-0.39, 0.29) is 0 Å². The zero-order valence-corrected chi connectivity index (χ0v) is 15.2. The Morgan fingerprint density at radius 2 is 2.13 bits per heavy atom. The lowest BCUT2D eigenvalue weighted by molar-refractivity contribution is 0.740. The molecule has 0 saturated heterocycles. The van der Waals surface area contributed by atoms with E-state index in [0.717, 1.165) is 48.2 Å². The van der Waals surface area contributed by atoms with E-state index in [4.69, 9.17) is 11.6 Å². The van der Waals surface area contributed by atoms with Crippen molar-refractivity contribution in [1.29, 1.82) is 0 Å². The number of aryl methyl sites for hydroxylation is 2. The standard InChI is InChI=1S/C17H23ClN4S/c1-3-19-17(21-11-14-7-4-5-8-15(14)18)20-10-6-9-16-22-13(2)12-23-16/h4-5,7-8,12H,3,6,9-11H2,1-2H3,(H2,19,20,21). The smallest absolute Gasteiger partial charge is 0.191 e. The monoisotopic (exact) mass is 350 g/mol. The predicted octanol–water partition coefficient (Wildman–Crippen LogP) is 3.79. The van der Waals surface area contributed by atoms with Gasteiger partial charge in [-0.15, -0.1) is 11.3 Å². The highest BCUT2D eigenvalue weighted by molar-refractivity contribution is 7.09. The number of aliphatic imine (C=N–C) groups is 1. The van der Waals surface area contributed by atoms with E-state index in [0.29, 0.717) is 6.54 Å². The molecule has 4 nitrogen and oxygen atoms in total. The number of hydrogen-bond acceptors (Lipinski definition) is 3. The summed E-state index contributed by atoms with van der Waals surface area (Å²) in [4.78, 5) is 9.07. The predicted molar refractivity (Wildman–Crippen MR) is 99.4 cm³/mol. The molecule has 0 fully saturated rings. The number of nitrogens with one attached hydrogen (secondary N) is 2. The van der Waals surface area contributed by atoms with Gasteiger partial charge >= 0.3 is 0 Å². The maximum Gasteiger partial charge on any atom is 0.191 e. The number of rotatable bonds is 7. The Bertz CT molecular complexity index is 639. The molecule has 0 aliphatic heterocycles. The third kappa shape index (κ3) is 6.20. The Hall–Kier alpha value is -1.59. The molecule has 2 aromatic rings. The first-order chi connectivity index (χ1) is 11.2. The summed E-state index contributed by atoms with van der Waals surface area (Å²) < 4.78 is 0. The zero-order chi connectivity index (χ0) is 16.5. The Balaban J connectivity index is 1.80. The molecule has 124 valence electrons. The summed E-state index contributed by atoms with van der Waals surface area (Å²) in [7, 11) is 0. The normalized spacial score (nSPS) is 11.5. The summed E-state index contributed by atoms with van der Waals surface area (Å²) in [6, 6.07) is 7.80. The van der Waals surface area contributed by atoms with Crippen molar-refractivity contribution in [2.75, 3.05) is 13.1 Å². The lowest BCUT2D eigenvalue weighted by Gasteiger charge is -2.11. The molecular formula is C17H23ClN4S. The van der Waals surface area contributed by atoms with Crippen molar-refractivity contribution in [2.24, 2.45) is 4.99 Å². The summed E-state index contributed by atoms with van der Waals surface area (Å²) in [6.45, 7) is 6.36. The Labute approximate surface area is 147 Å². The first kappa shape index (κ1) is 17.8. The van der Waals surface area contributed by atoms with Gasteiger partial charge in [-0.05, 0) is 31.9 Å². The van der Waals surface area contributed by atoms with Crippen molar-refractivity contribution in [3.8, 4) is 0 Å². The zero-order valence-electron chi connectivity index (χ0n) is 13.6. The summed E-state index contributed by atoms with van der Waals surface area (Å²) in [5.41, 5.74) is 2.14. The van der Waals surface area contributed by atoms with Crippen molar-refractivity contribution in [2.45, 2.75) is 33.2 Å². The average Bonchev–Trinajstić information content (AvgIpc) is 2.96. The highest BCUT2D eigenvalue weighted by atomic mass is 35.5. The lowest BCUT2D eigenvalue weighted by Crippen LogP contribution is -2.37. The molecule has 0 amide bonds. The van der Waals surface area contributed by atoms with Crippen LogP contribution in [0.2, 0.25) is 5.02 Å². The van der Waals surface area contributed by atoms with Gasteiger partial charge in [0.25, 0.3) is 0 Å². The van der Waals surface area contributed by atoms with Gasteiger partial charge in [-0.1, -0.05) is 29.8 Å². The number of aromatic nitrogens is 1. The third-order valence-corrected chi connectivity index (χ3v) is 4.63. The largest absolute Gasteiger partial charge is 0.357 e. The molecule has 6 heteroatoms. The van der Waals surface area contributed by atoms with Crippen LogP contribution >= 0.6 is 22.9 Å². The van der Waals surface area contributed by atoms with Gasteiger partial charge in [-0.2, -0.15) is 0 Å². The molecule has 0 radical (unpaired) electrons. The lowest BCUT2D eigenvalue weighted by atomic mass is 10.2. The van der Waals surface area contributed by atoms with E-state index in [1.165, 1.54) is 5.01 Å². The van der Waals surface area contributed by atoms with Crippen LogP contribution in [0.3, 0.4) is 0 Å². The number of halogens is 1. The number of nitrogens with zero attached hydrogens (tertiary/aromatic N) is 2. The minimum absolute atomic E-state index is 0.570. The van der Waals surface area contributed by atoms with Crippen molar-refractivity contribution >= 4 is 28.9 Å². The number of guanidine groups is 1. The summed E-state index contributed by atoms with van der Waals surface area (Å²) >= 11 is 7.89. The molecule has 2 rings (SSSR count). The molecule has 0 atom stereocenters. The summed E-state index contributed by atoms with van der Waals surface area (Å²) in [6.07, 6.45) is 2.03. The number of thiazole rings is 1. The van der Waals surface area contributed by atoms with Gasteiger partial charge in [0.1, 0.15) is 0 Å². The Kier molecular flexibility index (Phi) is 7.36. The van der Waals surface area contributed by atoms with Gasteiger partial charge in [0.2, 0.25) is 0 Å². The molecule has 1 aromatic carbocycles. The van der Waals surface area contributed by atoms with Crippen molar-refractivity contribution in [3.05, 3.63) is 50.9 Å². The number of benzene rings is 1. The van der Waals surface area contributed by atoms with E-state index in [2.05, 4.69) is 32.9 Å². The fourth-order valence-corrected chi connectivity index (χ4v) is 3.11. The van der Waals surface area contributed by atoms with Gasteiger partial charge in [-0.3, -0.25) is 0 Å². The van der Waals surface area contributed by atoms with Gasteiger partial charge in [0.05, 0.1) is 11.6 Å². The summed E-state index contributed by atoms with van der Waals surface area (Å²) in [5.74, 6) is 0.822. The van der Waals surface area contributed by atoms with E-state index < -0.39 is 0 Å². The van der Waals surface area contributed by atoms with Crippen LogP contribution in [-0.2, 0) is 13.0 Å². The average molecular weight is 351 g/mol. The highest BCUT2D eigenvalue weighted by Gasteiger charge is 2.02. The van der Waals surface area contributed by atoms with Gasteiger partial charge < -0.3 is 10.6 Å². The fraction of sp³-hybridized carbons (Fsp3) is 0.412. The fourth-order valence-electron chi connectivity index (χ4n) is 2.10. The minimum atomic E-state index is 0.570. The van der Waals surface area contributed by atoms with Crippen LogP contribution in [0.5, 0.6) is 0 Å². The van der Waals surface area contributed by atoms with Crippen LogP contribution in [0, 0.1) is 6.92 Å². The molecule has 0 unspecified atom stereocenters. The SMILES string of the molecule is CCNC(=NCc1ccccc1Cl)NCCCc1nc(C)cs1. The van der Waals surface area contributed by atoms with E-state index in [9.17, 15) is 0 Å². The molecule has 23 heavy (non-hydrogen) atoms. The molecular weight excluding hydrogens is 328 g/mol. The maximum absolute atomic E-state index is 6.17. The second-order valence-corrected chi connectivity index (χ2v) is 6.55. The van der Waals surface area contributed by atoms with Crippen LogP contribution in [0.1, 0.15) is 29.6 Å². The van der Waals surface area contributed by atoms with Crippen LogP contribution in [0.4, 0.5) is 0 Å². The molecule has 0 bridgehead atoms. The molecule has 0 saturated carbocycles. The molecule has 1 aromatic heterocycles. The first-order valence-electron chi connectivity index (χ1n) is 7.85. The highest BCUT2D eigenvalue weighted by Crippen LogP contribution is 2.15. The molecule has 0 spiro atoms. The molecule has 0 aliphatic rings. The Morgan fingerprint density at radius 1 is 1.30 bits per heavy atom. The minimum Gasteiger partial charge on any atom is -0.357 e. The quantitative estimate of drug-likeness (QED) is 0.453. The second kappa shape index (κ2) is 9.53. The van der Waals surface area contributed by atoms with Crippen LogP contribution in [0.15, 0.2) is 34.6 Å². The summed E-state index contributed by atoms with van der Waals surface area (Å²) in [5, 5.41) is 10.7. The van der Waals surface area contributed by atoms with Crippen LogP contribution in [-0.4, -0.2) is 24.0 Å². The Morgan fingerprint density at radius 3 is 2.83 bits per heavy atom. The second-order valence-electron chi connectivity index (χ2n) is 5.20. The number of hydrogen-bond donors (Lipinski definition) is 2.